The first-order valence-electron chi connectivity index (χ1n) is 17.9. The smallest absolute Gasteiger partial charge is 0.363 e. The summed E-state index contributed by atoms with van der Waals surface area (Å²) in [6.07, 6.45) is 9.64. The van der Waals surface area contributed by atoms with Crippen molar-refractivity contribution >= 4 is 46.7 Å². The lowest BCUT2D eigenvalue weighted by molar-refractivity contribution is -0.148. The largest absolute Gasteiger partial charge is 0.379 e. The fraction of sp³-hybridized carbons (Fsp3) is 0.556. The maximum Gasteiger partial charge on any atom is 0.363 e. The topological polar surface area (TPSA) is 153 Å². The molecule has 0 radical (unpaired) electrons. The highest BCUT2D eigenvalue weighted by Gasteiger charge is 2.58. The van der Waals surface area contributed by atoms with Gasteiger partial charge in [0.05, 0.1) is 18.1 Å². The number of fused-ring (bicyclic) bond motifs is 2. The van der Waals surface area contributed by atoms with Gasteiger partial charge < -0.3 is 29.6 Å². The summed E-state index contributed by atoms with van der Waals surface area (Å²) in [6, 6.07) is 8.35. The molecule has 51 heavy (non-hydrogen) atoms. The van der Waals surface area contributed by atoms with Crippen molar-refractivity contribution in [3.63, 3.8) is 0 Å². The summed E-state index contributed by atoms with van der Waals surface area (Å²) in [6.45, 7) is 3.48. The number of benzene rings is 1. The van der Waals surface area contributed by atoms with Crippen LogP contribution in [0.15, 0.2) is 48.8 Å². The Kier molecular flexibility index (Phi) is 9.29. The van der Waals surface area contributed by atoms with Crippen molar-refractivity contribution in [3.05, 3.63) is 64.8 Å². The van der Waals surface area contributed by atoms with E-state index in [1.165, 1.54) is 18.2 Å². The molecule has 0 bridgehead atoms. The van der Waals surface area contributed by atoms with E-state index < -0.39 is 31.5 Å². The first kappa shape index (κ1) is 34.8. The number of carbonyl (C=O) groups excluding carboxylic acids is 3. The molecule has 8 rings (SSSR count). The molecule has 2 aromatic heterocycles. The zero-order chi connectivity index (χ0) is 35.5. The minimum absolute atomic E-state index is 0.00472. The monoisotopic (exact) mass is 739 g/mol. The SMILES string of the molecule is O=C(N[C@H]1CC[C@H](N2CCOCC2)C[C@H]2CC[C@@H](C(=O)N3C[C@@H](c4cccnc4)CC34CC4)N2C1=O)c1cc2cc([C@@H](F)P(=O)(O)O)ccc2s1. The van der Waals surface area contributed by atoms with Gasteiger partial charge in [0.1, 0.15) is 12.1 Å². The fourth-order valence-electron chi connectivity index (χ4n) is 8.95. The molecular formula is C36H43FN5O7PS. The Morgan fingerprint density at radius 2 is 1.86 bits per heavy atom. The van der Waals surface area contributed by atoms with E-state index in [-0.39, 0.29) is 40.9 Å². The zero-order valence-electron chi connectivity index (χ0n) is 28.2. The third kappa shape index (κ3) is 6.75. The number of ether oxygens (including phenoxy) is 1. The van der Waals surface area contributed by atoms with Crippen LogP contribution in [0, 0.1) is 0 Å². The summed E-state index contributed by atoms with van der Waals surface area (Å²) in [5.41, 5.74) is 0.795. The van der Waals surface area contributed by atoms with Gasteiger partial charge in [0.2, 0.25) is 17.7 Å². The van der Waals surface area contributed by atoms with Crippen molar-refractivity contribution in [1.82, 2.24) is 25.0 Å². The van der Waals surface area contributed by atoms with Gasteiger partial charge in [-0.25, -0.2) is 4.39 Å². The average molecular weight is 740 g/mol. The molecule has 1 aromatic carbocycles. The normalized spacial score (nSPS) is 28.8. The van der Waals surface area contributed by atoms with Gasteiger partial charge in [0.25, 0.3) is 5.91 Å². The zero-order valence-corrected chi connectivity index (χ0v) is 29.9. The number of halogens is 1. The van der Waals surface area contributed by atoms with Gasteiger partial charge in [-0.15, -0.1) is 11.3 Å². The molecule has 5 aliphatic rings. The highest BCUT2D eigenvalue weighted by molar-refractivity contribution is 7.51. The molecule has 272 valence electrons. The number of amides is 3. The van der Waals surface area contributed by atoms with E-state index in [1.54, 1.807) is 12.3 Å². The molecular weight excluding hydrogens is 696 g/mol. The third-order valence-electron chi connectivity index (χ3n) is 11.7. The molecule has 15 heteroatoms. The Bertz CT molecular complexity index is 1860. The van der Waals surface area contributed by atoms with Gasteiger partial charge in [-0.05, 0) is 92.1 Å². The highest BCUT2D eigenvalue weighted by atomic mass is 32.1. The number of carbonyl (C=O) groups is 3. The Morgan fingerprint density at radius 3 is 2.59 bits per heavy atom. The van der Waals surface area contributed by atoms with E-state index in [0.29, 0.717) is 54.0 Å². The van der Waals surface area contributed by atoms with Crippen LogP contribution >= 0.6 is 18.9 Å². The van der Waals surface area contributed by atoms with Gasteiger partial charge in [0, 0.05) is 60.3 Å². The number of nitrogens with one attached hydrogen (secondary N) is 1. The number of pyridine rings is 1. The van der Waals surface area contributed by atoms with Crippen molar-refractivity contribution < 1.29 is 37.9 Å². The highest BCUT2D eigenvalue weighted by Crippen LogP contribution is 2.55. The number of alkyl halides is 1. The lowest BCUT2D eigenvalue weighted by atomic mass is 9.93. The van der Waals surface area contributed by atoms with Crippen LogP contribution in [0.5, 0.6) is 0 Å². The van der Waals surface area contributed by atoms with E-state index in [0.717, 1.165) is 62.1 Å². The molecule has 1 saturated carbocycles. The summed E-state index contributed by atoms with van der Waals surface area (Å²) in [5, 5.41) is 3.48. The molecule has 3 amide bonds. The first-order chi connectivity index (χ1) is 24.5. The molecule has 12 nitrogen and oxygen atoms in total. The van der Waals surface area contributed by atoms with Crippen LogP contribution in [0.25, 0.3) is 10.1 Å². The van der Waals surface area contributed by atoms with Gasteiger partial charge >= 0.3 is 7.60 Å². The molecule has 3 aromatic rings. The third-order valence-corrected chi connectivity index (χ3v) is 13.7. The fourth-order valence-corrected chi connectivity index (χ4v) is 10.4. The number of hydrogen-bond donors (Lipinski definition) is 3. The maximum absolute atomic E-state index is 14.6. The van der Waals surface area contributed by atoms with Crippen molar-refractivity contribution in [3.8, 4) is 0 Å². The van der Waals surface area contributed by atoms with Gasteiger partial charge in [-0.1, -0.05) is 12.1 Å². The van der Waals surface area contributed by atoms with Gasteiger partial charge in [0.15, 0.2) is 0 Å². The molecule has 1 spiro atoms. The minimum Gasteiger partial charge on any atom is -0.379 e. The lowest BCUT2D eigenvalue weighted by Crippen LogP contribution is -2.59. The summed E-state index contributed by atoms with van der Waals surface area (Å²) >= 11 is 1.16. The molecule has 6 atom stereocenters. The van der Waals surface area contributed by atoms with Crippen LogP contribution in [0.4, 0.5) is 4.39 Å². The van der Waals surface area contributed by atoms with E-state index in [2.05, 4.69) is 26.2 Å². The van der Waals surface area contributed by atoms with Crippen LogP contribution in [-0.2, 0) is 18.9 Å². The molecule has 4 saturated heterocycles. The number of hydrogen-bond acceptors (Lipinski definition) is 8. The Morgan fingerprint density at radius 1 is 1.08 bits per heavy atom. The Hall–Kier alpha value is -3.26. The second-order valence-electron chi connectivity index (χ2n) is 14.8. The van der Waals surface area contributed by atoms with Crippen LogP contribution in [-0.4, -0.2) is 110 Å². The first-order valence-corrected chi connectivity index (χ1v) is 20.4. The number of morpholine rings is 1. The second-order valence-corrected chi connectivity index (χ2v) is 17.5. The van der Waals surface area contributed by atoms with Crippen LogP contribution < -0.4 is 5.32 Å². The standard InChI is InChI=1S/C36H43FN5O7PS/c37-32(50(46,47)48)22-3-8-30-24(16-22)17-31(51-30)33(43)39-28-6-4-26(40-12-14-49-15-13-40)18-27-5-7-29(42(27)34(28)44)35(45)41-21-25(19-36(41)9-10-36)23-2-1-11-38-20-23/h1-3,8,11,16-17,20,25-29,32H,4-7,9-10,12-15,18-19,21H2,(H,39,43)(H2,46,47,48)/t25-,26-,27+,28-,29-,32-/m0/s1. The lowest BCUT2D eigenvalue weighted by Gasteiger charge is -2.42. The number of thiophene rings is 1. The van der Waals surface area contributed by atoms with Gasteiger partial charge in [-0.3, -0.25) is 28.8 Å². The van der Waals surface area contributed by atoms with E-state index in [1.807, 2.05) is 17.2 Å². The molecule has 4 aliphatic heterocycles. The van der Waals surface area contributed by atoms with Crippen molar-refractivity contribution in [2.45, 2.75) is 92.9 Å². The number of rotatable bonds is 7. The summed E-state index contributed by atoms with van der Waals surface area (Å²) in [7, 11) is -5.00. The maximum atomic E-state index is 14.6. The summed E-state index contributed by atoms with van der Waals surface area (Å²) in [4.78, 5) is 72.5. The Balaban J connectivity index is 1.05. The molecule has 0 unspecified atom stereocenters. The van der Waals surface area contributed by atoms with Crippen molar-refractivity contribution in [1.29, 1.82) is 0 Å². The van der Waals surface area contributed by atoms with Crippen molar-refractivity contribution in [2.24, 2.45) is 0 Å². The predicted octanol–water partition coefficient (Wildman–Crippen LogP) is 4.33. The van der Waals surface area contributed by atoms with E-state index >= 15 is 0 Å². The quantitative estimate of drug-likeness (QED) is 0.301. The second kappa shape index (κ2) is 13.6. The molecule has 3 N–H and O–H groups in total. The Labute approximate surface area is 299 Å². The van der Waals surface area contributed by atoms with E-state index in [4.69, 9.17) is 4.74 Å². The minimum atomic E-state index is -5.00. The average Bonchev–Trinajstić information content (AvgIpc) is 3.42. The molecule has 5 fully saturated rings. The number of aromatic nitrogens is 1. The van der Waals surface area contributed by atoms with E-state index in [9.17, 15) is 33.1 Å². The van der Waals surface area contributed by atoms with Crippen LogP contribution in [0.1, 0.15) is 84.0 Å². The molecule has 6 heterocycles. The van der Waals surface area contributed by atoms with Gasteiger partial charge in [-0.2, -0.15) is 0 Å². The van der Waals surface area contributed by atoms with Crippen molar-refractivity contribution in [2.75, 3.05) is 32.8 Å². The summed E-state index contributed by atoms with van der Waals surface area (Å²) in [5.74, 6) is -2.95. The molecule has 1 aliphatic carbocycles. The number of nitrogens with zero attached hydrogens (tertiary/aromatic N) is 4. The van der Waals surface area contributed by atoms with Crippen LogP contribution in [0.3, 0.4) is 0 Å². The summed E-state index contributed by atoms with van der Waals surface area (Å²) < 4.78 is 32.2. The predicted molar refractivity (Wildman–Crippen MR) is 188 cm³/mol. The number of likely N-dealkylation sites (tertiary alicyclic amines) is 1. The van der Waals surface area contributed by atoms with Crippen LogP contribution in [0.2, 0.25) is 0 Å².